The summed E-state index contributed by atoms with van der Waals surface area (Å²) in [5.74, 6) is -3.55. The molecular weight excluding hydrogens is 284 g/mol. The summed E-state index contributed by atoms with van der Waals surface area (Å²) in [6.07, 6.45) is -8.52. The fraction of sp³-hybridized carbons (Fsp3) is 0.538. The number of hydrogen-bond acceptors (Lipinski definition) is 1. The molecule has 7 heteroatoms. The molecule has 0 fully saturated rings. The third-order valence-electron chi connectivity index (χ3n) is 3.57. The Bertz CT molecular complexity index is 477. The molecule has 112 valence electrons. The molecule has 0 spiro atoms. The maximum Gasteiger partial charge on any atom is 0.402 e. The Morgan fingerprint density at radius 1 is 0.900 bits per heavy atom. The van der Waals surface area contributed by atoms with Gasteiger partial charge in [-0.2, -0.15) is 26.3 Å². The van der Waals surface area contributed by atoms with Crippen LogP contribution in [0.25, 0.3) is 0 Å². The van der Waals surface area contributed by atoms with Crippen LogP contribution in [0, 0.1) is 5.92 Å². The second kappa shape index (κ2) is 4.95. The normalized spacial score (nSPS) is 17.4. The van der Waals surface area contributed by atoms with Crippen molar-refractivity contribution in [3.8, 4) is 0 Å². The Morgan fingerprint density at radius 2 is 1.45 bits per heavy atom. The van der Waals surface area contributed by atoms with Crippen LogP contribution in [0.1, 0.15) is 29.2 Å². The van der Waals surface area contributed by atoms with Crippen LogP contribution in [0.2, 0.25) is 0 Å². The van der Waals surface area contributed by atoms with Crippen LogP contribution >= 0.6 is 0 Å². The van der Waals surface area contributed by atoms with Crippen molar-refractivity contribution >= 4 is 0 Å². The van der Waals surface area contributed by atoms with E-state index in [0.29, 0.717) is 6.42 Å². The van der Waals surface area contributed by atoms with E-state index in [9.17, 15) is 26.3 Å². The largest absolute Gasteiger partial charge is 0.402 e. The van der Waals surface area contributed by atoms with Crippen molar-refractivity contribution in [2.45, 2.75) is 37.7 Å². The first kappa shape index (κ1) is 15.2. The maximum absolute atomic E-state index is 12.6. The summed E-state index contributed by atoms with van der Waals surface area (Å²) < 4.78 is 75.8. The quantitative estimate of drug-likeness (QED) is 0.823. The topological polar surface area (TPSA) is 26.0 Å². The minimum atomic E-state index is -5.42. The number of fused-ring (bicyclic) bond motifs is 1. The van der Waals surface area contributed by atoms with Gasteiger partial charge in [-0.15, -0.1) is 0 Å². The summed E-state index contributed by atoms with van der Waals surface area (Å²) in [6, 6.07) is 2.07. The lowest BCUT2D eigenvalue weighted by Crippen LogP contribution is -2.44. The molecular formula is C13H13F6N. The highest BCUT2D eigenvalue weighted by Crippen LogP contribution is 2.45. The number of hydrogen-bond donors (Lipinski definition) is 1. The van der Waals surface area contributed by atoms with Crippen molar-refractivity contribution in [3.63, 3.8) is 0 Å². The van der Waals surface area contributed by atoms with Crippen LogP contribution in [0.15, 0.2) is 18.2 Å². The molecule has 0 saturated heterocycles. The van der Waals surface area contributed by atoms with Crippen molar-refractivity contribution in [1.82, 2.24) is 0 Å². The SMILES string of the molecule is NC(c1ccc2c(c1)CCC2)C(C(F)(F)F)C(F)(F)F. The van der Waals surface area contributed by atoms with Crippen LogP contribution in [0.3, 0.4) is 0 Å². The summed E-state index contributed by atoms with van der Waals surface area (Å²) in [6.45, 7) is 0. The average molecular weight is 297 g/mol. The molecule has 0 amide bonds. The van der Waals surface area contributed by atoms with E-state index in [1.54, 1.807) is 6.07 Å². The molecule has 2 rings (SSSR count). The predicted octanol–water partition coefficient (Wildman–Crippen LogP) is 3.92. The van der Waals surface area contributed by atoms with Gasteiger partial charge in [0.25, 0.3) is 0 Å². The van der Waals surface area contributed by atoms with Gasteiger partial charge in [-0.05, 0) is 36.0 Å². The van der Waals surface area contributed by atoms with Gasteiger partial charge in [0, 0.05) is 0 Å². The zero-order chi connectivity index (χ0) is 15.1. The van der Waals surface area contributed by atoms with Crippen LogP contribution in [-0.4, -0.2) is 12.4 Å². The molecule has 0 heterocycles. The predicted molar refractivity (Wildman–Crippen MR) is 61.0 cm³/mol. The Balaban J connectivity index is 2.35. The zero-order valence-electron chi connectivity index (χ0n) is 10.4. The van der Waals surface area contributed by atoms with Crippen molar-refractivity contribution in [2.24, 2.45) is 11.7 Å². The molecule has 1 unspecified atom stereocenters. The first-order chi connectivity index (χ1) is 9.10. The Morgan fingerprint density at radius 3 is 2.00 bits per heavy atom. The third-order valence-corrected chi connectivity index (χ3v) is 3.57. The van der Waals surface area contributed by atoms with E-state index in [0.717, 1.165) is 24.0 Å². The van der Waals surface area contributed by atoms with E-state index >= 15 is 0 Å². The molecule has 2 N–H and O–H groups in total. The molecule has 1 aromatic carbocycles. The second-order valence-electron chi connectivity index (χ2n) is 4.97. The Hall–Kier alpha value is -1.24. The minimum Gasteiger partial charge on any atom is -0.323 e. The number of nitrogens with two attached hydrogens (primary N) is 1. The van der Waals surface area contributed by atoms with E-state index in [1.807, 2.05) is 0 Å². The minimum absolute atomic E-state index is 0.120. The Labute approximate surface area is 111 Å². The number of benzene rings is 1. The van der Waals surface area contributed by atoms with Gasteiger partial charge in [0.2, 0.25) is 0 Å². The lowest BCUT2D eigenvalue weighted by molar-refractivity contribution is -0.290. The summed E-state index contributed by atoms with van der Waals surface area (Å²) in [5, 5.41) is 0. The van der Waals surface area contributed by atoms with Crippen LogP contribution in [0.5, 0.6) is 0 Å². The van der Waals surface area contributed by atoms with Crippen molar-refractivity contribution in [3.05, 3.63) is 34.9 Å². The number of aryl methyl sites for hydroxylation is 2. The van der Waals surface area contributed by atoms with Crippen LogP contribution < -0.4 is 5.73 Å². The lowest BCUT2D eigenvalue weighted by atomic mass is 9.91. The highest BCUT2D eigenvalue weighted by atomic mass is 19.4. The van der Waals surface area contributed by atoms with Gasteiger partial charge in [-0.3, -0.25) is 0 Å². The number of halogens is 6. The average Bonchev–Trinajstić information content (AvgIpc) is 2.71. The fourth-order valence-electron chi connectivity index (χ4n) is 2.58. The molecule has 0 bridgehead atoms. The molecule has 1 aromatic rings. The van der Waals surface area contributed by atoms with Crippen LogP contribution in [-0.2, 0) is 12.8 Å². The Kier molecular flexibility index (Phi) is 3.75. The van der Waals surface area contributed by atoms with E-state index < -0.39 is 24.3 Å². The zero-order valence-corrected chi connectivity index (χ0v) is 10.4. The third kappa shape index (κ3) is 2.92. The summed E-state index contributed by atoms with van der Waals surface area (Å²) >= 11 is 0. The molecule has 1 nitrogen and oxygen atoms in total. The van der Waals surface area contributed by atoms with Gasteiger partial charge in [0.05, 0.1) is 6.04 Å². The monoisotopic (exact) mass is 297 g/mol. The summed E-state index contributed by atoms with van der Waals surface area (Å²) in [4.78, 5) is 0. The van der Waals surface area contributed by atoms with Gasteiger partial charge in [-0.1, -0.05) is 18.2 Å². The molecule has 20 heavy (non-hydrogen) atoms. The fourth-order valence-corrected chi connectivity index (χ4v) is 2.58. The highest BCUT2D eigenvalue weighted by molar-refractivity contribution is 5.36. The second-order valence-corrected chi connectivity index (χ2v) is 4.97. The molecule has 0 saturated carbocycles. The van der Waals surface area contributed by atoms with E-state index in [2.05, 4.69) is 0 Å². The van der Waals surface area contributed by atoms with E-state index in [4.69, 9.17) is 5.73 Å². The molecule has 0 aliphatic heterocycles. The molecule has 1 atom stereocenters. The summed E-state index contributed by atoms with van der Waals surface area (Å²) in [5.41, 5.74) is 6.91. The van der Waals surface area contributed by atoms with Gasteiger partial charge in [0.1, 0.15) is 0 Å². The van der Waals surface area contributed by atoms with Crippen LogP contribution in [0.4, 0.5) is 26.3 Å². The molecule has 0 aromatic heterocycles. The summed E-state index contributed by atoms with van der Waals surface area (Å²) in [7, 11) is 0. The van der Waals surface area contributed by atoms with Gasteiger partial charge in [0.15, 0.2) is 5.92 Å². The molecule has 0 radical (unpaired) electrons. The van der Waals surface area contributed by atoms with Gasteiger partial charge >= 0.3 is 12.4 Å². The number of rotatable bonds is 2. The van der Waals surface area contributed by atoms with E-state index in [-0.39, 0.29) is 5.56 Å². The number of alkyl halides is 6. The molecule has 1 aliphatic rings. The lowest BCUT2D eigenvalue weighted by Gasteiger charge is -2.28. The van der Waals surface area contributed by atoms with Crippen molar-refractivity contribution in [2.75, 3.05) is 0 Å². The standard InChI is InChI=1S/C13H13F6N/c14-12(15,16)11(13(17,18)19)10(20)9-5-4-7-2-1-3-8(7)6-9/h4-6,10-11H,1-3,20H2. The van der Waals surface area contributed by atoms with E-state index in [1.165, 1.54) is 12.1 Å². The van der Waals surface area contributed by atoms with Gasteiger partial charge in [-0.25, -0.2) is 0 Å². The smallest absolute Gasteiger partial charge is 0.323 e. The molecule has 1 aliphatic carbocycles. The van der Waals surface area contributed by atoms with Gasteiger partial charge < -0.3 is 5.73 Å². The first-order valence-corrected chi connectivity index (χ1v) is 6.11. The van der Waals surface area contributed by atoms with Crippen molar-refractivity contribution < 1.29 is 26.3 Å². The van der Waals surface area contributed by atoms with Crippen molar-refractivity contribution in [1.29, 1.82) is 0 Å². The highest BCUT2D eigenvalue weighted by Gasteiger charge is 2.59. The maximum atomic E-state index is 12.6. The first-order valence-electron chi connectivity index (χ1n) is 6.11.